The Morgan fingerprint density at radius 1 is 1.08 bits per heavy atom. The van der Waals surface area contributed by atoms with Crippen LogP contribution in [0.2, 0.25) is 18.1 Å². The summed E-state index contributed by atoms with van der Waals surface area (Å²) in [6, 6.07) is 14.4. The van der Waals surface area contributed by atoms with Gasteiger partial charge in [-0.3, -0.25) is 0 Å². The van der Waals surface area contributed by atoms with Crippen LogP contribution >= 0.6 is 0 Å². The van der Waals surface area contributed by atoms with Crippen molar-refractivity contribution in [2.45, 2.75) is 70.7 Å². The molecule has 0 aliphatic heterocycles. The van der Waals surface area contributed by atoms with Gasteiger partial charge in [0, 0.05) is 0 Å². The molecule has 0 N–H and O–H groups in total. The highest BCUT2D eigenvalue weighted by molar-refractivity contribution is 6.73. The molecule has 0 saturated heterocycles. The van der Waals surface area contributed by atoms with Crippen LogP contribution in [0.4, 0.5) is 0 Å². The first-order valence-electron chi connectivity index (χ1n) is 9.84. The van der Waals surface area contributed by atoms with Gasteiger partial charge < -0.3 is 4.43 Å². The van der Waals surface area contributed by atoms with Crippen LogP contribution in [-0.2, 0) is 4.43 Å². The number of benzene rings is 1. The zero-order chi connectivity index (χ0) is 17.0. The Morgan fingerprint density at radius 3 is 2.46 bits per heavy atom. The maximum Gasteiger partial charge on any atom is 0.192 e. The lowest BCUT2D eigenvalue weighted by molar-refractivity contribution is 0.193. The van der Waals surface area contributed by atoms with E-state index in [0.717, 1.165) is 5.92 Å². The lowest BCUT2D eigenvalue weighted by Gasteiger charge is -2.37. The van der Waals surface area contributed by atoms with Crippen molar-refractivity contribution < 1.29 is 4.43 Å². The van der Waals surface area contributed by atoms with E-state index in [0.29, 0.717) is 6.10 Å². The number of rotatable bonds is 6. The largest absolute Gasteiger partial charge is 0.410 e. The van der Waals surface area contributed by atoms with Gasteiger partial charge in [0.15, 0.2) is 8.32 Å². The molecule has 130 valence electrons. The monoisotopic (exact) mass is 340 g/mol. The van der Waals surface area contributed by atoms with Gasteiger partial charge in [-0.2, -0.15) is 0 Å². The normalized spacial score (nSPS) is 25.6. The Labute approximate surface area is 148 Å². The average molecular weight is 341 g/mol. The van der Waals surface area contributed by atoms with Crippen molar-refractivity contribution in [2.75, 3.05) is 0 Å². The van der Waals surface area contributed by atoms with Crippen LogP contribution in [0.5, 0.6) is 0 Å². The summed E-state index contributed by atoms with van der Waals surface area (Å²) in [5.74, 6) is 0.778. The van der Waals surface area contributed by atoms with Gasteiger partial charge in [-0.05, 0) is 66.9 Å². The Bertz CT molecular complexity index is 589. The zero-order valence-corrected chi connectivity index (χ0v) is 16.6. The minimum atomic E-state index is -1.58. The number of hydrogen-bond acceptors (Lipinski definition) is 1. The molecule has 0 amide bonds. The van der Waals surface area contributed by atoms with Crippen molar-refractivity contribution in [1.29, 1.82) is 0 Å². The minimum absolute atomic E-state index is 0.309. The van der Waals surface area contributed by atoms with Crippen LogP contribution in [0.15, 0.2) is 47.6 Å². The lowest BCUT2D eigenvalue weighted by atomic mass is 9.85. The quantitative estimate of drug-likeness (QED) is 0.531. The fourth-order valence-electron chi connectivity index (χ4n) is 4.40. The van der Waals surface area contributed by atoms with Crippen LogP contribution < -0.4 is 0 Å². The van der Waals surface area contributed by atoms with Gasteiger partial charge in [0.05, 0.1) is 6.10 Å². The van der Waals surface area contributed by atoms with Crippen LogP contribution in [0.25, 0.3) is 6.08 Å². The Kier molecular flexibility index (Phi) is 5.78. The molecular formula is C22H32OSi. The SMILES string of the molecule is CC[Si](CC)(CC)O[C@H]1C[C@H]2CCCC2=C/C1=C\c1ccccc1. The maximum atomic E-state index is 6.95. The van der Waals surface area contributed by atoms with Gasteiger partial charge in [0.25, 0.3) is 0 Å². The van der Waals surface area contributed by atoms with E-state index in [1.807, 2.05) is 0 Å². The maximum absolute atomic E-state index is 6.95. The molecule has 2 aliphatic rings. The first-order valence-corrected chi connectivity index (χ1v) is 12.4. The van der Waals surface area contributed by atoms with E-state index in [1.54, 1.807) is 5.57 Å². The van der Waals surface area contributed by atoms with Crippen molar-refractivity contribution in [3.05, 3.63) is 53.1 Å². The fourth-order valence-corrected chi connectivity index (χ4v) is 7.23. The fraction of sp³-hybridized carbons (Fsp3) is 0.545. The molecule has 1 aromatic carbocycles. The summed E-state index contributed by atoms with van der Waals surface area (Å²) < 4.78 is 6.95. The van der Waals surface area contributed by atoms with Crippen LogP contribution in [0, 0.1) is 5.92 Å². The average Bonchev–Trinajstić information content (AvgIpc) is 3.08. The summed E-state index contributed by atoms with van der Waals surface area (Å²) in [6.45, 7) is 7.00. The van der Waals surface area contributed by atoms with E-state index in [-0.39, 0.29) is 0 Å². The molecule has 1 saturated carbocycles. The van der Waals surface area contributed by atoms with E-state index in [4.69, 9.17) is 4.43 Å². The van der Waals surface area contributed by atoms with E-state index >= 15 is 0 Å². The molecule has 24 heavy (non-hydrogen) atoms. The van der Waals surface area contributed by atoms with Gasteiger partial charge in [-0.25, -0.2) is 0 Å². The molecule has 0 unspecified atom stereocenters. The van der Waals surface area contributed by atoms with Crippen LogP contribution in [0.3, 0.4) is 0 Å². The molecule has 2 aliphatic carbocycles. The Morgan fingerprint density at radius 2 is 1.79 bits per heavy atom. The van der Waals surface area contributed by atoms with Gasteiger partial charge in [-0.1, -0.05) is 62.8 Å². The van der Waals surface area contributed by atoms with Crippen LogP contribution in [0.1, 0.15) is 52.0 Å². The highest BCUT2D eigenvalue weighted by Crippen LogP contribution is 2.42. The summed E-state index contributed by atoms with van der Waals surface area (Å²) in [5.41, 5.74) is 4.39. The zero-order valence-electron chi connectivity index (χ0n) is 15.6. The van der Waals surface area contributed by atoms with Crippen molar-refractivity contribution in [3.63, 3.8) is 0 Å². The molecule has 1 aromatic rings. The van der Waals surface area contributed by atoms with Gasteiger partial charge in [0.2, 0.25) is 0 Å². The highest BCUT2D eigenvalue weighted by atomic mass is 28.4. The molecule has 1 fully saturated rings. The first-order chi connectivity index (χ1) is 11.7. The Hall–Kier alpha value is -1.12. The van der Waals surface area contributed by atoms with E-state index in [9.17, 15) is 0 Å². The predicted octanol–water partition coefficient (Wildman–Crippen LogP) is 6.59. The second-order valence-electron chi connectivity index (χ2n) is 7.45. The number of hydrogen-bond donors (Lipinski definition) is 0. The molecule has 1 nitrogen and oxygen atoms in total. The molecule has 0 radical (unpaired) electrons. The molecular weight excluding hydrogens is 308 g/mol. The van der Waals surface area contributed by atoms with E-state index in [2.05, 4.69) is 63.3 Å². The molecule has 2 atom stereocenters. The third-order valence-electron chi connectivity index (χ3n) is 6.22. The third kappa shape index (κ3) is 3.75. The van der Waals surface area contributed by atoms with Crippen molar-refractivity contribution in [2.24, 2.45) is 5.92 Å². The van der Waals surface area contributed by atoms with Gasteiger partial charge in [0.1, 0.15) is 0 Å². The number of allylic oxidation sites excluding steroid dienone is 1. The standard InChI is InChI=1S/C22H32OSi/c1-4-24(5-2,6-3)23-22-17-20-14-10-13-19(20)16-21(22)15-18-11-8-7-9-12-18/h7-9,11-12,15-16,20,22H,4-6,10,13-14,17H2,1-3H3/b21-15+/t20-,22+/m1/s1. The summed E-state index contributed by atoms with van der Waals surface area (Å²) in [6.07, 6.45) is 10.4. The second kappa shape index (κ2) is 7.84. The molecule has 0 aromatic heterocycles. The van der Waals surface area contributed by atoms with E-state index < -0.39 is 8.32 Å². The van der Waals surface area contributed by atoms with Gasteiger partial charge in [-0.15, -0.1) is 0 Å². The molecule has 2 heteroatoms. The summed E-state index contributed by atoms with van der Waals surface area (Å²) in [5, 5.41) is 0. The van der Waals surface area contributed by atoms with Gasteiger partial charge >= 0.3 is 0 Å². The summed E-state index contributed by atoms with van der Waals surface area (Å²) in [4.78, 5) is 0. The minimum Gasteiger partial charge on any atom is -0.410 e. The molecule has 3 rings (SSSR count). The second-order valence-corrected chi connectivity index (χ2v) is 12.2. The summed E-state index contributed by atoms with van der Waals surface area (Å²) in [7, 11) is -1.58. The predicted molar refractivity (Wildman–Crippen MR) is 107 cm³/mol. The third-order valence-corrected chi connectivity index (χ3v) is 10.9. The summed E-state index contributed by atoms with van der Waals surface area (Å²) >= 11 is 0. The smallest absolute Gasteiger partial charge is 0.192 e. The van der Waals surface area contributed by atoms with Crippen molar-refractivity contribution >= 4 is 14.4 Å². The number of fused-ring (bicyclic) bond motifs is 1. The van der Waals surface area contributed by atoms with Crippen molar-refractivity contribution in [1.82, 2.24) is 0 Å². The van der Waals surface area contributed by atoms with E-state index in [1.165, 1.54) is 55.0 Å². The lowest BCUT2D eigenvalue weighted by Crippen LogP contribution is -2.41. The molecule has 0 bridgehead atoms. The van der Waals surface area contributed by atoms with Crippen molar-refractivity contribution in [3.8, 4) is 0 Å². The first kappa shape index (κ1) is 17.7. The molecule has 0 spiro atoms. The topological polar surface area (TPSA) is 9.23 Å². The highest BCUT2D eigenvalue weighted by Gasteiger charge is 2.37. The Balaban J connectivity index is 1.91. The molecule has 0 heterocycles. The van der Waals surface area contributed by atoms with Crippen LogP contribution in [-0.4, -0.2) is 14.4 Å².